The fraction of sp³-hybridized carbons (Fsp3) is 0.609. The molecule has 2 amide bonds. The van der Waals surface area contributed by atoms with Gasteiger partial charge in [0, 0.05) is 43.7 Å². The van der Waals surface area contributed by atoms with Gasteiger partial charge in [-0.1, -0.05) is 13.8 Å². The maximum Gasteiger partial charge on any atom is 0.251 e. The van der Waals surface area contributed by atoms with Gasteiger partial charge in [-0.3, -0.25) is 14.6 Å². The molecule has 0 saturated carbocycles. The lowest BCUT2D eigenvalue weighted by atomic mass is 9.98. The summed E-state index contributed by atoms with van der Waals surface area (Å²) in [5.74, 6) is 1.09. The molecule has 0 aromatic heterocycles. The number of phenolic OH excluding ortho intramolecular Hbond substituents is 1. The molecule has 0 spiro atoms. The molecule has 1 aliphatic rings. The number of guanidine groups is 1. The predicted octanol–water partition coefficient (Wildman–Crippen LogP) is 2.10. The average Bonchev–Trinajstić information content (AvgIpc) is 2.78. The van der Waals surface area contributed by atoms with Gasteiger partial charge in [-0.2, -0.15) is 0 Å². The topological polar surface area (TPSA) is 106 Å². The van der Waals surface area contributed by atoms with Crippen molar-refractivity contribution >= 4 is 17.8 Å². The van der Waals surface area contributed by atoms with Crippen LogP contribution in [0.25, 0.3) is 0 Å². The molecule has 1 heterocycles. The fourth-order valence-corrected chi connectivity index (χ4v) is 3.71. The van der Waals surface area contributed by atoms with Gasteiger partial charge in [-0.05, 0) is 56.9 Å². The van der Waals surface area contributed by atoms with Gasteiger partial charge in [0.2, 0.25) is 5.91 Å². The normalized spacial score (nSPS) is 15.1. The molecule has 0 aliphatic carbocycles. The van der Waals surface area contributed by atoms with Crippen molar-refractivity contribution in [2.75, 3.05) is 32.7 Å². The SMILES string of the molecule is CCNC(=NCCNC(=O)c1ccc(O)cc1)NC1CCN(C(=O)C(CC)CC)CC1. The van der Waals surface area contributed by atoms with E-state index in [-0.39, 0.29) is 29.5 Å². The summed E-state index contributed by atoms with van der Waals surface area (Å²) >= 11 is 0. The van der Waals surface area contributed by atoms with E-state index in [0.29, 0.717) is 18.7 Å². The predicted molar refractivity (Wildman–Crippen MR) is 123 cm³/mol. The molecule has 1 aromatic carbocycles. The molecule has 1 aromatic rings. The van der Waals surface area contributed by atoms with Crippen LogP contribution in [0.2, 0.25) is 0 Å². The molecule has 0 unspecified atom stereocenters. The van der Waals surface area contributed by atoms with E-state index in [9.17, 15) is 14.7 Å². The zero-order chi connectivity index (χ0) is 22.6. The molecule has 1 fully saturated rings. The first-order valence-electron chi connectivity index (χ1n) is 11.4. The lowest BCUT2D eigenvalue weighted by Crippen LogP contribution is -2.50. The highest BCUT2D eigenvalue weighted by Crippen LogP contribution is 2.17. The lowest BCUT2D eigenvalue weighted by molar-refractivity contribution is -0.136. The number of aromatic hydroxyl groups is 1. The molecule has 8 nitrogen and oxygen atoms in total. The fourth-order valence-electron chi connectivity index (χ4n) is 3.71. The first kappa shape index (κ1) is 24.5. The highest BCUT2D eigenvalue weighted by molar-refractivity contribution is 5.94. The van der Waals surface area contributed by atoms with Crippen LogP contribution in [0.4, 0.5) is 0 Å². The summed E-state index contributed by atoms with van der Waals surface area (Å²) in [7, 11) is 0. The summed E-state index contributed by atoms with van der Waals surface area (Å²) < 4.78 is 0. The van der Waals surface area contributed by atoms with Gasteiger partial charge >= 0.3 is 0 Å². The third-order valence-electron chi connectivity index (χ3n) is 5.62. The molecule has 0 bridgehead atoms. The largest absolute Gasteiger partial charge is 0.508 e. The Kier molecular flexibility index (Phi) is 10.1. The van der Waals surface area contributed by atoms with Gasteiger partial charge < -0.3 is 26.0 Å². The molecule has 31 heavy (non-hydrogen) atoms. The summed E-state index contributed by atoms with van der Waals surface area (Å²) in [6, 6.07) is 6.42. The number of carbonyl (C=O) groups is 2. The van der Waals surface area contributed by atoms with Gasteiger partial charge in [-0.25, -0.2) is 0 Å². The van der Waals surface area contributed by atoms with Gasteiger partial charge in [0.1, 0.15) is 5.75 Å². The van der Waals surface area contributed by atoms with Crippen LogP contribution >= 0.6 is 0 Å². The van der Waals surface area contributed by atoms with Crippen molar-refractivity contribution in [1.29, 1.82) is 0 Å². The minimum absolute atomic E-state index is 0.133. The van der Waals surface area contributed by atoms with Crippen molar-refractivity contribution in [2.24, 2.45) is 10.9 Å². The highest BCUT2D eigenvalue weighted by Gasteiger charge is 2.26. The number of amides is 2. The van der Waals surface area contributed by atoms with Crippen molar-refractivity contribution in [2.45, 2.75) is 52.5 Å². The number of hydrogen-bond acceptors (Lipinski definition) is 4. The van der Waals surface area contributed by atoms with E-state index in [2.05, 4.69) is 34.8 Å². The number of rotatable bonds is 9. The van der Waals surface area contributed by atoms with E-state index in [0.717, 1.165) is 51.3 Å². The Bertz CT molecular complexity index is 723. The highest BCUT2D eigenvalue weighted by atomic mass is 16.3. The molecular formula is C23H37N5O3. The molecule has 2 rings (SSSR count). The van der Waals surface area contributed by atoms with Crippen LogP contribution in [-0.2, 0) is 4.79 Å². The van der Waals surface area contributed by atoms with Crippen molar-refractivity contribution in [3.05, 3.63) is 29.8 Å². The number of nitrogens with one attached hydrogen (secondary N) is 3. The second kappa shape index (κ2) is 12.8. The molecule has 0 radical (unpaired) electrons. The average molecular weight is 432 g/mol. The summed E-state index contributed by atoms with van der Waals surface area (Å²) in [6.07, 6.45) is 3.59. The van der Waals surface area contributed by atoms with Gasteiger partial charge in [-0.15, -0.1) is 0 Å². The van der Waals surface area contributed by atoms with Gasteiger partial charge in [0.25, 0.3) is 5.91 Å². The number of aliphatic imine (C=N–C) groups is 1. The number of piperidine rings is 1. The summed E-state index contributed by atoms with van der Waals surface area (Å²) in [5, 5.41) is 18.8. The zero-order valence-electron chi connectivity index (χ0n) is 19.0. The number of nitrogens with zero attached hydrogens (tertiary/aromatic N) is 2. The van der Waals surface area contributed by atoms with Gasteiger partial charge in [0.05, 0.1) is 6.54 Å². The Morgan fingerprint density at radius 3 is 2.32 bits per heavy atom. The molecule has 8 heteroatoms. The maximum atomic E-state index is 12.6. The summed E-state index contributed by atoms with van der Waals surface area (Å²) in [6.45, 7) is 9.33. The van der Waals surface area contributed by atoms with Crippen LogP contribution in [0, 0.1) is 5.92 Å². The Labute approximate surface area is 185 Å². The van der Waals surface area contributed by atoms with Crippen LogP contribution < -0.4 is 16.0 Å². The minimum Gasteiger partial charge on any atom is -0.508 e. The number of hydrogen-bond donors (Lipinski definition) is 4. The Balaban J connectivity index is 1.78. The standard InChI is InChI=1S/C23H37N5O3/c1-4-17(5-2)22(31)28-15-11-19(12-16-28)27-23(24-6-3)26-14-13-25-21(30)18-7-9-20(29)10-8-18/h7-10,17,19,29H,4-6,11-16H2,1-3H3,(H,25,30)(H2,24,26,27). The summed E-state index contributed by atoms with van der Waals surface area (Å²) in [4.78, 5) is 31.2. The van der Waals surface area contributed by atoms with Crippen LogP contribution in [0.5, 0.6) is 5.75 Å². The van der Waals surface area contributed by atoms with Crippen molar-refractivity contribution < 1.29 is 14.7 Å². The molecule has 4 N–H and O–H groups in total. The van der Waals surface area contributed by atoms with Crippen LogP contribution in [0.1, 0.15) is 56.8 Å². The molecular weight excluding hydrogens is 394 g/mol. The molecule has 1 aliphatic heterocycles. The van der Waals surface area contributed by atoms with E-state index in [1.807, 2.05) is 11.8 Å². The number of likely N-dealkylation sites (tertiary alicyclic amines) is 1. The number of carbonyl (C=O) groups excluding carboxylic acids is 2. The second-order valence-corrected chi connectivity index (χ2v) is 7.82. The first-order valence-corrected chi connectivity index (χ1v) is 11.4. The molecule has 0 atom stereocenters. The molecule has 1 saturated heterocycles. The smallest absolute Gasteiger partial charge is 0.251 e. The van der Waals surface area contributed by atoms with Crippen LogP contribution in [0.15, 0.2) is 29.3 Å². The maximum absolute atomic E-state index is 12.6. The third-order valence-corrected chi connectivity index (χ3v) is 5.62. The van der Waals surface area contributed by atoms with Gasteiger partial charge in [0.15, 0.2) is 5.96 Å². The van der Waals surface area contributed by atoms with Crippen LogP contribution in [-0.4, -0.2) is 66.5 Å². The first-order chi connectivity index (χ1) is 15.0. The Hall–Kier alpha value is -2.77. The van der Waals surface area contributed by atoms with Crippen molar-refractivity contribution in [3.63, 3.8) is 0 Å². The van der Waals surface area contributed by atoms with E-state index < -0.39 is 0 Å². The third kappa shape index (κ3) is 7.77. The van der Waals surface area contributed by atoms with E-state index in [1.165, 1.54) is 12.1 Å². The van der Waals surface area contributed by atoms with E-state index in [1.54, 1.807) is 12.1 Å². The zero-order valence-corrected chi connectivity index (χ0v) is 19.0. The lowest BCUT2D eigenvalue weighted by Gasteiger charge is -2.34. The Morgan fingerprint density at radius 2 is 1.74 bits per heavy atom. The quantitative estimate of drug-likeness (QED) is 0.272. The summed E-state index contributed by atoms with van der Waals surface area (Å²) in [5.41, 5.74) is 0.501. The van der Waals surface area contributed by atoms with Crippen LogP contribution in [0.3, 0.4) is 0 Å². The van der Waals surface area contributed by atoms with E-state index >= 15 is 0 Å². The second-order valence-electron chi connectivity index (χ2n) is 7.82. The van der Waals surface area contributed by atoms with Crippen molar-refractivity contribution in [3.8, 4) is 5.75 Å². The van der Waals surface area contributed by atoms with E-state index in [4.69, 9.17) is 0 Å². The number of benzene rings is 1. The van der Waals surface area contributed by atoms with Crippen molar-refractivity contribution in [1.82, 2.24) is 20.9 Å². The monoisotopic (exact) mass is 431 g/mol. The molecule has 172 valence electrons. The minimum atomic E-state index is -0.192. The number of phenols is 1. The Morgan fingerprint density at radius 1 is 1.10 bits per heavy atom.